The maximum atomic E-state index is 15.4. The van der Waals surface area contributed by atoms with Crippen LogP contribution < -0.4 is 15.4 Å². The van der Waals surface area contributed by atoms with Gasteiger partial charge in [0.25, 0.3) is 0 Å². The number of benzene rings is 1. The molecule has 0 saturated heterocycles. The molecule has 0 aliphatic carbocycles. The molecule has 0 unspecified atom stereocenters. The number of carbonyl (C=O) groups is 2. The molecule has 3 rings (SSSR count). The second kappa shape index (κ2) is 11.5. The van der Waals surface area contributed by atoms with Crippen LogP contribution in [0, 0.1) is 12.7 Å². The molecule has 2 amide bonds. The molecule has 0 saturated carbocycles. The monoisotopic (exact) mass is 543 g/mol. The molecule has 2 heterocycles. The Balaban J connectivity index is 1.87. The topological polar surface area (TPSA) is 120 Å². The number of hydrogen-bond acceptors (Lipinski definition) is 8. The Hall–Kier alpha value is -3.89. The minimum Gasteiger partial charge on any atom is -0.467 e. The highest BCUT2D eigenvalue weighted by Gasteiger charge is 2.29. The molecule has 1 aromatic heterocycles. The molecule has 39 heavy (non-hydrogen) atoms. The first-order chi connectivity index (χ1) is 18.1. The van der Waals surface area contributed by atoms with Crippen LogP contribution in [-0.2, 0) is 16.0 Å². The molecule has 0 bridgehead atoms. The maximum Gasteiger partial charge on any atom is 0.416 e. The van der Waals surface area contributed by atoms with Gasteiger partial charge in [0.15, 0.2) is 5.82 Å². The van der Waals surface area contributed by atoms with Gasteiger partial charge in [-0.3, -0.25) is 4.90 Å². The molecule has 2 N–H and O–H groups in total. The molecule has 1 aliphatic heterocycles. The standard InChI is InChI=1S/C28H38FN5O5/c1-17-22(30)23(32-24(31-17)37-8)34(26(36)39-28(5,6)7)16-20-10-9-19(15-21(20)29)18-11-13-33(14-12-18)25(35)38-27(2,3)4/h9-11,15H,12-14,16,30H2,1-8H3. The molecule has 1 aliphatic rings. The van der Waals surface area contributed by atoms with Gasteiger partial charge >= 0.3 is 18.2 Å². The zero-order valence-electron chi connectivity index (χ0n) is 23.9. The van der Waals surface area contributed by atoms with Gasteiger partial charge in [0.2, 0.25) is 0 Å². The molecule has 0 fully saturated rings. The van der Waals surface area contributed by atoms with Crippen LogP contribution in [0.2, 0.25) is 0 Å². The molecule has 0 radical (unpaired) electrons. The van der Waals surface area contributed by atoms with E-state index in [0.29, 0.717) is 30.8 Å². The van der Waals surface area contributed by atoms with Gasteiger partial charge in [0, 0.05) is 18.7 Å². The van der Waals surface area contributed by atoms with Crippen molar-refractivity contribution < 1.29 is 28.2 Å². The lowest BCUT2D eigenvalue weighted by Crippen LogP contribution is -2.39. The van der Waals surface area contributed by atoms with Crippen molar-refractivity contribution in [1.29, 1.82) is 0 Å². The molecule has 11 heteroatoms. The van der Waals surface area contributed by atoms with Crippen molar-refractivity contribution in [3.8, 4) is 6.01 Å². The van der Waals surface area contributed by atoms with Gasteiger partial charge < -0.3 is 24.8 Å². The summed E-state index contributed by atoms with van der Waals surface area (Å²) in [7, 11) is 1.40. The highest BCUT2D eigenvalue weighted by Crippen LogP contribution is 2.30. The first-order valence-electron chi connectivity index (χ1n) is 12.7. The predicted octanol–water partition coefficient (Wildman–Crippen LogP) is 5.48. The molecule has 212 valence electrons. The van der Waals surface area contributed by atoms with E-state index in [4.69, 9.17) is 19.9 Å². The highest BCUT2D eigenvalue weighted by atomic mass is 19.1. The first-order valence-corrected chi connectivity index (χ1v) is 12.7. The Morgan fingerprint density at radius 3 is 2.31 bits per heavy atom. The lowest BCUT2D eigenvalue weighted by atomic mass is 9.98. The minimum absolute atomic E-state index is 0.0192. The van der Waals surface area contributed by atoms with Gasteiger partial charge in [-0.1, -0.05) is 18.2 Å². The minimum atomic E-state index is -0.806. The number of amides is 2. The van der Waals surface area contributed by atoms with Crippen LogP contribution in [-0.4, -0.2) is 58.5 Å². The van der Waals surface area contributed by atoms with Crippen molar-refractivity contribution in [1.82, 2.24) is 14.9 Å². The number of methoxy groups -OCH3 is 1. The van der Waals surface area contributed by atoms with Crippen molar-refractivity contribution in [2.75, 3.05) is 30.8 Å². The number of rotatable bonds is 5. The molecule has 1 aromatic carbocycles. The summed E-state index contributed by atoms with van der Waals surface area (Å²) in [4.78, 5) is 36.7. The van der Waals surface area contributed by atoms with E-state index in [9.17, 15) is 9.59 Å². The fourth-order valence-electron chi connectivity index (χ4n) is 3.85. The molecular weight excluding hydrogens is 505 g/mol. The van der Waals surface area contributed by atoms with Crippen LogP contribution in [0.3, 0.4) is 0 Å². The number of nitrogens with two attached hydrogens (primary N) is 1. The highest BCUT2D eigenvalue weighted by molar-refractivity contribution is 5.90. The van der Waals surface area contributed by atoms with E-state index < -0.39 is 23.1 Å². The van der Waals surface area contributed by atoms with Crippen LogP contribution in [0.25, 0.3) is 5.57 Å². The van der Waals surface area contributed by atoms with Crippen LogP contribution in [0.1, 0.15) is 64.8 Å². The second-order valence-electron chi connectivity index (χ2n) is 11.3. The Morgan fingerprint density at radius 2 is 1.77 bits per heavy atom. The summed E-state index contributed by atoms with van der Waals surface area (Å²) >= 11 is 0. The molecular formula is C28H38FN5O5. The Labute approximate surface area is 228 Å². The fraction of sp³-hybridized carbons (Fsp3) is 0.500. The molecule has 10 nitrogen and oxygen atoms in total. The third-order valence-electron chi connectivity index (χ3n) is 5.76. The predicted molar refractivity (Wildman–Crippen MR) is 147 cm³/mol. The first kappa shape index (κ1) is 29.7. The zero-order chi connectivity index (χ0) is 29.1. The summed E-state index contributed by atoms with van der Waals surface area (Å²) < 4.78 is 31.6. The molecule has 0 spiro atoms. The van der Waals surface area contributed by atoms with Crippen molar-refractivity contribution >= 4 is 29.3 Å². The van der Waals surface area contributed by atoms with E-state index in [0.717, 1.165) is 5.57 Å². The SMILES string of the molecule is COc1nc(C)c(N)c(N(Cc2ccc(C3=CCN(C(=O)OC(C)(C)C)CC3)cc2F)C(=O)OC(C)(C)C)n1. The largest absolute Gasteiger partial charge is 0.467 e. The van der Waals surface area contributed by atoms with E-state index in [1.54, 1.807) is 44.7 Å². The number of aromatic nitrogens is 2. The van der Waals surface area contributed by atoms with E-state index in [2.05, 4.69) is 9.97 Å². The summed E-state index contributed by atoms with van der Waals surface area (Å²) in [5.41, 5.74) is 7.26. The van der Waals surface area contributed by atoms with Gasteiger partial charge in [-0.25, -0.2) is 14.0 Å². The van der Waals surface area contributed by atoms with Crippen LogP contribution in [0.5, 0.6) is 6.01 Å². The number of carbonyl (C=O) groups excluding carboxylic acids is 2. The van der Waals surface area contributed by atoms with Crippen LogP contribution in [0.4, 0.5) is 25.5 Å². The van der Waals surface area contributed by atoms with E-state index in [-0.39, 0.29) is 35.7 Å². The normalized spacial score (nSPS) is 14.0. The average Bonchev–Trinajstić information content (AvgIpc) is 2.83. The van der Waals surface area contributed by atoms with Gasteiger partial charge in [-0.15, -0.1) is 0 Å². The van der Waals surface area contributed by atoms with Gasteiger partial charge in [-0.2, -0.15) is 9.97 Å². The molecule has 0 atom stereocenters. The molecule has 2 aromatic rings. The van der Waals surface area contributed by atoms with Crippen LogP contribution in [0.15, 0.2) is 24.3 Å². The number of aryl methyl sites for hydroxylation is 1. The van der Waals surface area contributed by atoms with Crippen molar-refractivity contribution in [2.24, 2.45) is 0 Å². The van der Waals surface area contributed by atoms with E-state index in [1.165, 1.54) is 18.1 Å². The Morgan fingerprint density at radius 1 is 1.10 bits per heavy atom. The van der Waals surface area contributed by atoms with Gasteiger partial charge in [0.05, 0.1) is 25.0 Å². The third kappa shape index (κ3) is 7.81. The lowest BCUT2D eigenvalue weighted by Gasteiger charge is -2.30. The quantitative estimate of drug-likeness (QED) is 0.526. The smallest absolute Gasteiger partial charge is 0.416 e. The summed E-state index contributed by atoms with van der Waals surface area (Å²) in [6, 6.07) is 4.85. The summed E-state index contributed by atoms with van der Waals surface area (Å²) in [6.07, 6.45) is 1.33. The number of ether oxygens (including phenoxy) is 3. The van der Waals surface area contributed by atoms with Crippen molar-refractivity contribution in [2.45, 2.75) is 72.6 Å². The summed E-state index contributed by atoms with van der Waals surface area (Å²) in [6.45, 7) is 13.0. The number of hydrogen-bond donors (Lipinski definition) is 1. The van der Waals surface area contributed by atoms with Gasteiger partial charge in [-0.05, 0) is 72.1 Å². The number of anilines is 2. The number of nitrogen functional groups attached to an aromatic ring is 1. The lowest BCUT2D eigenvalue weighted by molar-refractivity contribution is 0.0270. The maximum absolute atomic E-state index is 15.4. The Bertz CT molecular complexity index is 1270. The van der Waals surface area contributed by atoms with Crippen molar-refractivity contribution in [3.63, 3.8) is 0 Å². The fourth-order valence-corrected chi connectivity index (χ4v) is 3.85. The average molecular weight is 544 g/mol. The summed E-state index contributed by atoms with van der Waals surface area (Å²) in [5, 5.41) is 0. The zero-order valence-corrected chi connectivity index (χ0v) is 23.9. The number of halogens is 1. The second-order valence-corrected chi connectivity index (χ2v) is 11.3. The Kier molecular flexibility index (Phi) is 8.72. The van der Waals surface area contributed by atoms with E-state index in [1.807, 2.05) is 26.8 Å². The van der Waals surface area contributed by atoms with E-state index >= 15 is 4.39 Å². The third-order valence-corrected chi connectivity index (χ3v) is 5.76. The van der Waals surface area contributed by atoms with Crippen LogP contribution >= 0.6 is 0 Å². The van der Waals surface area contributed by atoms with Crippen molar-refractivity contribution in [3.05, 3.63) is 46.9 Å². The van der Waals surface area contributed by atoms with Gasteiger partial charge in [0.1, 0.15) is 17.0 Å². The summed E-state index contributed by atoms with van der Waals surface area (Å²) in [5.74, 6) is -0.442. The number of nitrogens with zero attached hydrogens (tertiary/aromatic N) is 4.